The third kappa shape index (κ3) is 4.30. The van der Waals surface area contributed by atoms with Gasteiger partial charge in [-0.1, -0.05) is 29.8 Å². The summed E-state index contributed by atoms with van der Waals surface area (Å²) >= 11 is 6.06. The van der Waals surface area contributed by atoms with E-state index in [1.807, 2.05) is 0 Å². The minimum atomic E-state index is -0.278. The standard InChI is InChI=1S/C15H20ClFN2/c1-12(2)10-18-5-7-19(8-6-18)11-13-3-4-14(17)9-15(13)16/h3-4,9H,1,5-8,10-11H2,2H3. The predicted molar refractivity (Wildman–Crippen MR) is 77.9 cm³/mol. The van der Waals surface area contributed by atoms with Crippen LogP contribution in [0, 0.1) is 5.82 Å². The van der Waals surface area contributed by atoms with Gasteiger partial charge in [-0.3, -0.25) is 9.80 Å². The first-order chi connectivity index (χ1) is 9.04. The molecule has 0 unspecified atom stereocenters. The molecule has 0 saturated carbocycles. The van der Waals surface area contributed by atoms with E-state index in [0.29, 0.717) is 5.02 Å². The smallest absolute Gasteiger partial charge is 0.124 e. The second kappa shape index (κ2) is 6.51. The van der Waals surface area contributed by atoms with Crippen LogP contribution in [0.5, 0.6) is 0 Å². The molecule has 0 bridgehead atoms. The summed E-state index contributed by atoms with van der Waals surface area (Å²) < 4.78 is 13.0. The first-order valence-electron chi connectivity index (χ1n) is 6.57. The Morgan fingerprint density at radius 1 is 1.26 bits per heavy atom. The third-order valence-corrected chi connectivity index (χ3v) is 3.72. The van der Waals surface area contributed by atoms with Crippen LogP contribution < -0.4 is 0 Å². The maximum Gasteiger partial charge on any atom is 0.124 e. The van der Waals surface area contributed by atoms with Crippen LogP contribution >= 0.6 is 11.6 Å². The lowest BCUT2D eigenvalue weighted by Gasteiger charge is -2.34. The SMILES string of the molecule is C=C(C)CN1CCN(Cc2ccc(F)cc2Cl)CC1. The number of hydrogen-bond acceptors (Lipinski definition) is 2. The quantitative estimate of drug-likeness (QED) is 0.783. The molecular weight excluding hydrogens is 263 g/mol. The fourth-order valence-corrected chi connectivity index (χ4v) is 2.61. The highest BCUT2D eigenvalue weighted by Gasteiger charge is 2.17. The molecule has 104 valence electrons. The molecular formula is C15H20ClFN2. The molecule has 0 N–H and O–H groups in total. The van der Waals surface area contributed by atoms with E-state index < -0.39 is 0 Å². The Bertz CT molecular complexity index is 453. The molecule has 19 heavy (non-hydrogen) atoms. The van der Waals surface area contributed by atoms with Crippen LogP contribution in [0.15, 0.2) is 30.4 Å². The van der Waals surface area contributed by atoms with Crippen molar-refractivity contribution in [1.82, 2.24) is 9.80 Å². The van der Waals surface area contributed by atoms with Crippen molar-refractivity contribution in [3.8, 4) is 0 Å². The summed E-state index contributed by atoms with van der Waals surface area (Å²) in [6.45, 7) is 11.9. The molecule has 2 rings (SSSR count). The van der Waals surface area contributed by atoms with Crippen LogP contribution in [0.3, 0.4) is 0 Å². The van der Waals surface area contributed by atoms with Gasteiger partial charge in [-0.05, 0) is 24.6 Å². The molecule has 2 nitrogen and oxygen atoms in total. The number of benzene rings is 1. The number of rotatable bonds is 4. The molecule has 0 radical (unpaired) electrons. The molecule has 0 amide bonds. The predicted octanol–water partition coefficient (Wildman–Crippen LogP) is 3.17. The number of halogens is 2. The largest absolute Gasteiger partial charge is 0.297 e. The van der Waals surface area contributed by atoms with E-state index in [1.54, 1.807) is 6.07 Å². The van der Waals surface area contributed by atoms with E-state index in [0.717, 1.165) is 44.8 Å². The topological polar surface area (TPSA) is 6.48 Å². The molecule has 1 fully saturated rings. The highest BCUT2D eigenvalue weighted by atomic mass is 35.5. The zero-order valence-electron chi connectivity index (χ0n) is 11.3. The normalized spacial score (nSPS) is 17.6. The van der Waals surface area contributed by atoms with Crippen molar-refractivity contribution in [3.63, 3.8) is 0 Å². The van der Waals surface area contributed by atoms with E-state index in [1.165, 1.54) is 17.7 Å². The Morgan fingerprint density at radius 2 is 1.89 bits per heavy atom. The van der Waals surface area contributed by atoms with Crippen LogP contribution in [0.4, 0.5) is 4.39 Å². The fraction of sp³-hybridized carbons (Fsp3) is 0.467. The molecule has 1 heterocycles. The van der Waals surface area contributed by atoms with Gasteiger partial charge in [0.25, 0.3) is 0 Å². The van der Waals surface area contributed by atoms with Crippen LogP contribution in [0.2, 0.25) is 5.02 Å². The Labute approximate surface area is 119 Å². The van der Waals surface area contributed by atoms with Gasteiger partial charge < -0.3 is 0 Å². The van der Waals surface area contributed by atoms with Crippen molar-refractivity contribution in [1.29, 1.82) is 0 Å². The van der Waals surface area contributed by atoms with Crippen LogP contribution in [-0.4, -0.2) is 42.5 Å². The summed E-state index contributed by atoms with van der Waals surface area (Å²) in [5.74, 6) is -0.278. The number of piperazine rings is 1. The molecule has 0 atom stereocenters. The van der Waals surface area contributed by atoms with E-state index in [2.05, 4.69) is 23.3 Å². The monoisotopic (exact) mass is 282 g/mol. The van der Waals surface area contributed by atoms with Crippen molar-refractivity contribution in [3.05, 3.63) is 46.8 Å². The summed E-state index contributed by atoms with van der Waals surface area (Å²) in [6, 6.07) is 4.63. The van der Waals surface area contributed by atoms with E-state index in [4.69, 9.17) is 11.6 Å². The van der Waals surface area contributed by atoms with Gasteiger partial charge in [0.15, 0.2) is 0 Å². The molecule has 1 aromatic carbocycles. The van der Waals surface area contributed by atoms with E-state index >= 15 is 0 Å². The second-order valence-corrected chi connectivity index (χ2v) is 5.65. The molecule has 1 aliphatic rings. The Hall–Kier alpha value is -0.900. The molecule has 0 aromatic heterocycles. The molecule has 1 aliphatic heterocycles. The van der Waals surface area contributed by atoms with Gasteiger partial charge in [0.2, 0.25) is 0 Å². The highest BCUT2D eigenvalue weighted by Crippen LogP contribution is 2.19. The first kappa shape index (κ1) is 14.5. The highest BCUT2D eigenvalue weighted by molar-refractivity contribution is 6.31. The maximum absolute atomic E-state index is 13.0. The van der Waals surface area contributed by atoms with Crippen LogP contribution in [0.25, 0.3) is 0 Å². The van der Waals surface area contributed by atoms with Gasteiger partial charge in [-0.2, -0.15) is 0 Å². The number of hydrogen-bond donors (Lipinski definition) is 0. The lowest BCUT2D eigenvalue weighted by molar-refractivity contribution is 0.135. The average Bonchev–Trinajstić information content (AvgIpc) is 2.34. The minimum Gasteiger partial charge on any atom is -0.297 e. The Balaban J connectivity index is 1.87. The Morgan fingerprint density at radius 3 is 2.47 bits per heavy atom. The van der Waals surface area contributed by atoms with Gasteiger partial charge in [-0.15, -0.1) is 0 Å². The van der Waals surface area contributed by atoms with Gasteiger partial charge >= 0.3 is 0 Å². The molecule has 1 aromatic rings. The van der Waals surface area contributed by atoms with Crippen molar-refractivity contribution in [2.24, 2.45) is 0 Å². The maximum atomic E-state index is 13.0. The van der Waals surface area contributed by atoms with Crippen LogP contribution in [-0.2, 0) is 6.54 Å². The summed E-state index contributed by atoms with van der Waals surface area (Å²) in [5.41, 5.74) is 2.20. The first-order valence-corrected chi connectivity index (χ1v) is 6.95. The lowest BCUT2D eigenvalue weighted by atomic mass is 10.2. The fourth-order valence-electron chi connectivity index (χ4n) is 2.38. The minimum absolute atomic E-state index is 0.278. The van der Waals surface area contributed by atoms with Crippen molar-refractivity contribution in [2.45, 2.75) is 13.5 Å². The molecule has 0 aliphatic carbocycles. The summed E-state index contributed by atoms with van der Waals surface area (Å²) in [6.07, 6.45) is 0. The van der Waals surface area contributed by atoms with Crippen molar-refractivity contribution in [2.75, 3.05) is 32.7 Å². The average molecular weight is 283 g/mol. The zero-order chi connectivity index (χ0) is 13.8. The van der Waals surface area contributed by atoms with Gasteiger partial charge in [-0.25, -0.2) is 4.39 Å². The molecule has 0 spiro atoms. The van der Waals surface area contributed by atoms with Gasteiger partial charge in [0.1, 0.15) is 5.82 Å². The lowest BCUT2D eigenvalue weighted by Crippen LogP contribution is -2.46. The van der Waals surface area contributed by atoms with Crippen molar-refractivity contribution >= 4 is 11.6 Å². The van der Waals surface area contributed by atoms with Gasteiger partial charge in [0, 0.05) is 44.3 Å². The summed E-state index contributed by atoms with van der Waals surface area (Å²) in [7, 11) is 0. The summed E-state index contributed by atoms with van der Waals surface area (Å²) in [4.78, 5) is 4.76. The van der Waals surface area contributed by atoms with Crippen LogP contribution in [0.1, 0.15) is 12.5 Å². The second-order valence-electron chi connectivity index (χ2n) is 5.25. The molecule has 4 heteroatoms. The van der Waals surface area contributed by atoms with Gasteiger partial charge in [0.05, 0.1) is 0 Å². The summed E-state index contributed by atoms with van der Waals surface area (Å²) in [5, 5.41) is 0.518. The molecule has 1 saturated heterocycles. The number of nitrogens with zero attached hydrogens (tertiary/aromatic N) is 2. The van der Waals surface area contributed by atoms with Crippen molar-refractivity contribution < 1.29 is 4.39 Å². The third-order valence-electron chi connectivity index (χ3n) is 3.37. The zero-order valence-corrected chi connectivity index (χ0v) is 12.1. The van der Waals surface area contributed by atoms with E-state index in [9.17, 15) is 4.39 Å². The van der Waals surface area contributed by atoms with E-state index in [-0.39, 0.29) is 5.82 Å². The Kier molecular flexibility index (Phi) is 4.97.